The van der Waals surface area contributed by atoms with Crippen molar-refractivity contribution in [2.45, 2.75) is 63.6 Å². The van der Waals surface area contributed by atoms with Crippen molar-refractivity contribution in [3.05, 3.63) is 23.8 Å². The van der Waals surface area contributed by atoms with Gasteiger partial charge in [0.05, 0.1) is 12.2 Å². The molecule has 1 aliphatic carbocycles. The van der Waals surface area contributed by atoms with Gasteiger partial charge in [-0.15, -0.1) is 0 Å². The second kappa shape index (κ2) is 6.84. The van der Waals surface area contributed by atoms with Crippen molar-refractivity contribution >= 4 is 11.8 Å². The number of likely N-dealkylation sites (tertiary alicyclic amines) is 1. The molecule has 130 valence electrons. The van der Waals surface area contributed by atoms with Crippen LogP contribution in [0.5, 0.6) is 0 Å². The standard InChI is InChI=1S/C17H24N4O3/c1-12-18-9-6-13(19-12)11-21-10-4-5-14(15(21)22)20-16(23)17(24)7-2-3-8-17/h6,9,14,24H,2-5,7-8,10-11H2,1H3,(H,20,23). The predicted octanol–water partition coefficient (Wildman–Crippen LogP) is 0.697. The molecule has 0 spiro atoms. The summed E-state index contributed by atoms with van der Waals surface area (Å²) in [7, 11) is 0. The Labute approximate surface area is 141 Å². The normalized spacial score (nSPS) is 23.3. The molecule has 1 atom stereocenters. The Hall–Kier alpha value is -2.02. The number of carbonyl (C=O) groups is 2. The molecule has 0 radical (unpaired) electrons. The molecule has 1 aromatic heterocycles. The van der Waals surface area contributed by atoms with E-state index in [0.29, 0.717) is 38.2 Å². The maximum Gasteiger partial charge on any atom is 0.252 e. The number of aromatic nitrogens is 2. The third kappa shape index (κ3) is 3.56. The van der Waals surface area contributed by atoms with E-state index < -0.39 is 17.6 Å². The number of aryl methyl sites for hydroxylation is 1. The van der Waals surface area contributed by atoms with Gasteiger partial charge in [-0.2, -0.15) is 0 Å². The Morgan fingerprint density at radius 3 is 2.88 bits per heavy atom. The number of amides is 2. The number of nitrogens with one attached hydrogen (secondary N) is 1. The summed E-state index contributed by atoms with van der Waals surface area (Å²) in [6, 6.07) is 1.24. The Bertz CT molecular complexity index is 628. The second-order valence-electron chi connectivity index (χ2n) is 6.76. The number of hydrogen-bond acceptors (Lipinski definition) is 5. The highest BCUT2D eigenvalue weighted by Crippen LogP contribution is 2.30. The molecule has 2 fully saturated rings. The second-order valence-corrected chi connectivity index (χ2v) is 6.76. The van der Waals surface area contributed by atoms with Crippen LogP contribution in [0.4, 0.5) is 0 Å². The number of rotatable bonds is 4. The summed E-state index contributed by atoms with van der Waals surface area (Å²) < 4.78 is 0. The lowest BCUT2D eigenvalue weighted by atomic mass is 9.98. The predicted molar refractivity (Wildman–Crippen MR) is 86.8 cm³/mol. The van der Waals surface area contributed by atoms with E-state index in [1.54, 1.807) is 17.2 Å². The van der Waals surface area contributed by atoms with E-state index in [-0.39, 0.29) is 5.91 Å². The summed E-state index contributed by atoms with van der Waals surface area (Å²) in [4.78, 5) is 35.1. The number of nitrogens with zero attached hydrogens (tertiary/aromatic N) is 3. The first-order valence-electron chi connectivity index (χ1n) is 8.59. The van der Waals surface area contributed by atoms with Crippen LogP contribution in [0.25, 0.3) is 0 Å². The van der Waals surface area contributed by atoms with Crippen LogP contribution in [-0.4, -0.2) is 50.0 Å². The molecule has 0 bridgehead atoms. The zero-order valence-corrected chi connectivity index (χ0v) is 14.0. The summed E-state index contributed by atoms with van der Waals surface area (Å²) in [6.07, 6.45) is 5.76. The maximum absolute atomic E-state index is 12.7. The largest absolute Gasteiger partial charge is 0.380 e. The Balaban J connectivity index is 1.63. The fraction of sp³-hybridized carbons (Fsp3) is 0.647. The van der Waals surface area contributed by atoms with Crippen LogP contribution < -0.4 is 5.32 Å². The van der Waals surface area contributed by atoms with Gasteiger partial charge in [-0.1, -0.05) is 0 Å². The minimum absolute atomic E-state index is 0.104. The van der Waals surface area contributed by atoms with Crippen molar-refractivity contribution in [3.63, 3.8) is 0 Å². The molecule has 7 heteroatoms. The lowest BCUT2D eigenvalue weighted by molar-refractivity contribution is -0.146. The third-order valence-electron chi connectivity index (χ3n) is 4.88. The number of aliphatic hydroxyl groups is 1. The van der Waals surface area contributed by atoms with E-state index in [1.165, 1.54) is 0 Å². The maximum atomic E-state index is 12.7. The van der Waals surface area contributed by atoms with Crippen molar-refractivity contribution in [2.75, 3.05) is 6.54 Å². The minimum Gasteiger partial charge on any atom is -0.380 e. The highest BCUT2D eigenvalue weighted by atomic mass is 16.3. The number of hydrogen-bond donors (Lipinski definition) is 2. The highest BCUT2D eigenvalue weighted by molar-refractivity contribution is 5.91. The minimum atomic E-state index is -1.30. The molecule has 3 rings (SSSR count). The number of carbonyl (C=O) groups excluding carboxylic acids is 2. The Kier molecular flexibility index (Phi) is 4.80. The fourth-order valence-electron chi connectivity index (χ4n) is 3.50. The van der Waals surface area contributed by atoms with Crippen molar-refractivity contribution in [1.29, 1.82) is 0 Å². The van der Waals surface area contributed by atoms with Crippen LogP contribution in [0.15, 0.2) is 12.3 Å². The van der Waals surface area contributed by atoms with E-state index in [2.05, 4.69) is 15.3 Å². The van der Waals surface area contributed by atoms with Crippen molar-refractivity contribution < 1.29 is 14.7 Å². The molecule has 7 nitrogen and oxygen atoms in total. The van der Waals surface area contributed by atoms with Gasteiger partial charge in [0.25, 0.3) is 5.91 Å². The molecule has 2 heterocycles. The molecule has 2 N–H and O–H groups in total. The first-order valence-corrected chi connectivity index (χ1v) is 8.59. The van der Waals surface area contributed by atoms with Gasteiger partial charge in [0.15, 0.2) is 0 Å². The Morgan fingerprint density at radius 2 is 2.17 bits per heavy atom. The summed E-state index contributed by atoms with van der Waals surface area (Å²) in [6.45, 7) is 2.88. The van der Waals surface area contributed by atoms with Gasteiger partial charge < -0.3 is 15.3 Å². The van der Waals surface area contributed by atoms with Gasteiger partial charge in [-0.25, -0.2) is 9.97 Å². The fourth-order valence-corrected chi connectivity index (χ4v) is 3.50. The molecule has 1 aromatic rings. The van der Waals surface area contributed by atoms with E-state index in [4.69, 9.17) is 0 Å². The molecular weight excluding hydrogens is 308 g/mol. The third-order valence-corrected chi connectivity index (χ3v) is 4.88. The molecule has 1 saturated carbocycles. The van der Waals surface area contributed by atoms with E-state index >= 15 is 0 Å². The topological polar surface area (TPSA) is 95.4 Å². The molecule has 0 aromatic carbocycles. The Morgan fingerprint density at radius 1 is 1.42 bits per heavy atom. The summed E-state index contributed by atoms with van der Waals surface area (Å²) in [5, 5.41) is 13.1. The SMILES string of the molecule is Cc1nccc(CN2CCCC(NC(=O)C3(O)CCCC3)C2=O)n1. The van der Waals surface area contributed by atoms with Crippen LogP contribution in [0.2, 0.25) is 0 Å². The van der Waals surface area contributed by atoms with Gasteiger partial charge in [0.2, 0.25) is 5.91 Å². The van der Waals surface area contributed by atoms with Crippen LogP contribution in [0.3, 0.4) is 0 Å². The molecule has 2 aliphatic rings. The van der Waals surface area contributed by atoms with Crippen LogP contribution in [-0.2, 0) is 16.1 Å². The molecule has 24 heavy (non-hydrogen) atoms. The van der Waals surface area contributed by atoms with E-state index in [0.717, 1.165) is 25.0 Å². The van der Waals surface area contributed by atoms with Crippen molar-refractivity contribution in [1.82, 2.24) is 20.2 Å². The number of piperidine rings is 1. The van der Waals surface area contributed by atoms with Gasteiger partial charge in [0.1, 0.15) is 17.5 Å². The van der Waals surface area contributed by atoms with Crippen molar-refractivity contribution in [2.24, 2.45) is 0 Å². The van der Waals surface area contributed by atoms with Gasteiger partial charge in [0, 0.05) is 12.7 Å². The van der Waals surface area contributed by atoms with Gasteiger partial charge >= 0.3 is 0 Å². The smallest absolute Gasteiger partial charge is 0.252 e. The first-order chi connectivity index (χ1) is 11.5. The molecular formula is C17H24N4O3. The lowest BCUT2D eigenvalue weighted by Gasteiger charge is -2.34. The molecule has 2 amide bonds. The average Bonchev–Trinajstić information content (AvgIpc) is 2.99. The quantitative estimate of drug-likeness (QED) is 0.846. The monoisotopic (exact) mass is 332 g/mol. The zero-order valence-electron chi connectivity index (χ0n) is 14.0. The first kappa shape index (κ1) is 16.8. The molecule has 1 saturated heterocycles. The summed E-state index contributed by atoms with van der Waals surface area (Å²) in [5.41, 5.74) is -0.510. The molecule has 1 unspecified atom stereocenters. The van der Waals surface area contributed by atoms with Crippen molar-refractivity contribution in [3.8, 4) is 0 Å². The van der Waals surface area contributed by atoms with Gasteiger partial charge in [-0.3, -0.25) is 9.59 Å². The molecule has 1 aliphatic heterocycles. The summed E-state index contributed by atoms with van der Waals surface area (Å²) in [5.74, 6) is 0.163. The highest BCUT2D eigenvalue weighted by Gasteiger charge is 2.41. The van der Waals surface area contributed by atoms with Crippen LogP contribution in [0.1, 0.15) is 50.0 Å². The van der Waals surface area contributed by atoms with Crippen LogP contribution >= 0.6 is 0 Å². The average molecular weight is 332 g/mol. The van der Waals surface area contributed by atoms with Crippen LogP contribution in [0, 0.1) is 6.92 Å². The van der Waals surface area contributed by atoms with Gasteiger partial charge in [-0.05, 0) is 51.5 Å². The summed E-state index contributed by atoms with van der Waals surface area (Å²) >= 11 is 0. The zero-order chi connectivity index (χ0) is 17.2. The lowest BCUT2D eigenvalue weighted by Crippen LogP contribution is -2.56. The van der Waals surface area contributed by atoms with E-state index in [9.17, 15) is 14.7 Å². The van der Waals surface area contributed by atoms with E-state index in [1.807, 2.05) is 6.92 Å².